The van der Waals surface area contributed by atoms with Gasteiger partial charge in [-0.2, -0.15) is 4.31 Å². The van der Waals surface area contributed by atoms with Gasteiger partial charge in [0.1, 0.15) is 0 Å². The highest BCUT2D eigenvalue weighted by molar-refractivity contribution is 7.89. The van der Waals surface area contributed by atoms with E-state index in [9.17, 15) is 13.2 Å². The molecule has 0 aliphatic carbocycles. The van der Waals surface area contributed by atoms with Crippen molar-refractivity contribution in [3.8, 4) is 0 Å². The maximum atomic E-state index is 12.9. The van der Waals surface area contributed by atoms with Crippen LogP contribution in [-0.4, -0.2) is 49.8 Å². The third kappa shape index (κ3) is 5.63. The van der Waals surface area contributed by atoms with Crippen molar-refractivity contribution in [3.05, 3.63) is 65.8 Å². The summed E-state index contributed by atoms with van der Waals surface area (Å²) in [5.41, 5.74) is 1.80. The van der Waals surface area contributed by atoms with Gasteiger partial charge in [0.2, 0.25) is 15.9 Å². The predicted octanol–water partition coefficient (Wildman–Crippen LogP) is 3.91. The second kappa shape index (κ2) is 10.5. The summed E-state index contributed by atoms with van der Waals surface area (Å²) < 4.78 is 27.2. The van der Waals surface area contributed by atoms with Gasteiger partial charge >= 0.3 is 0 Å². The summed E-state index contributed by atoms with van der Waals surface area (Å²) in [4.78, 5) is 17.3. The molecule has 33 heavy (non-hydrogen) atoms. The van der Waals surface area contributed by atoms with Crippen LogP contribution in [0.25, 0.3) is 10.9 Å². The SMILES string of the molecule is O=C(NCCCNc1ccnc2cc(Cl)ccc12)C1CCCN(S(=O)(=O)c2ccccc2)C1. The number of pyridine rings is 1. The fraction of sp³-hybridized carbons (Fsp3) is 0.333. The van der Waals surface area contributed by atoms with Crippen LogP contribution in [0.1, 0.15) is 19.3 Å². The van der Waals surface area contributed by atoms with E-state index in [4.69, 9.17) is 11.6 Å². The monoisotopic (exact) mass is 486 g/mol. The molecule has 7 nitrogen and oxygen atoms in total. The quantitative estimate of drug-likeness (QED) is 0.471. The molecule has 0 radical (unpaired) electrons. The molecule has 2 N–H and O–H groups in total. The first kappa shape index (κ1) is 23.5. The van der Waals surface area contributed by atoms with Gasteiger partial charge in [0.25, 0.3) is 0 Å². The maximum Gasteiger partial charge on any atom is 0.243 e. The molecule has 1 aromatic heterocycles. The van der Waals surface area contributed by atoms with Gasteiger partial charge in [0.05, 0.1) is 16.3 Å². The van der Waals surface area contributed by atoms with Crippen molar-refractivity contribution in [2.24, 2.45) is 5.92 Å². The van der Waals surface area contributed by atoms with Crippen molar-refractivity contribution in [1.82, 2.24) is 14.6 Å². The Morgan fingerprint density at radius 2 is 1.94 bits per heavy atom. The zero-order valence-electron chi connectivity index (χ0n) is 18.2. The fourth-order valence-electron chi connectivity index (χ4n) is 4.06. The van der Waals surface area contributed by atoms with Crippen LogP contribution in [0.2, 0.25) is 5.02 Å². The lowest BCUT2D eigenvalue weighted by atomic mass is 9.99. The number of piperidine rings is 1. The number of fused-ring (bicyclic) bond motifs is 1. The molecule has 1 amide bonds. The van der Waals surface area contributed by atoms with Gasteiger partial charge in [-0.1, -0.05) is 29.8 Å². The van der Waals surface area contributed by atoms with Gasteiger partial charge in [-0.3, -0.25) is 9.78 Å². The van der Waals surface area contributed by atoms with Crippen LogP contribution in [0, 0.1) is 5.92 Å². The van der Waals surface area contributed by atoms with Gasteiger partial charge in [0.15, 0.2) is 0 Å². The first-order valence-electron chi connectivity index (χ1n) is 11.1. The zero-order chi connectivity index (χ0) is 23.3. The molecule has 4 rings (SSSR count). The minimum absolute atomic E-state index is 0.0908. The number of sulfonamides is 1. The Hall–Kier alpha value is -2.68. The normalized spacial score (nSPS) is 17.1. The zero-order valence-corrected chi connectivity index (χ0v) is 19.8. The molecule has 1 atom stereocenters. The summed E-state index contributed by atoms with van der Waals surface area (Å²) >= 11 is 6.04. The smallest absolute Gasteiger partial charge is 0.243 e. The molecule has 1 aliphatic rings. The summed E-state index contributed by atoms with van der Waals surface area (Å²) in [6, 6.07) is 15.9. The number of hydrogen-bond acceptors (Lipinski definition) is 5. The molecule has 0 bridgehead atoms. The van der Waals surface area contributed by atoms with E-state index in [2.05, 4.69) is 15.6 Å². The number of hydrogen-bond donors (Lipinski definition) is 2. The van der Waals surface area contributed by atoms with E-state index in [-0.39, 0.29) is 23.3 Å². The van der Waals surface area contributed by atoms with Crippen LogP contribution < -0.4 is 10.6 Å². The third-order valence-corrected chi connectivity index (χ3v) is 7.92. The number of carbonyl (C=O) groups excluding carboxylic acids is 1. The summed E-state index contributed by atoms with van der Waals surface area (Å²) in [7, 11) is -3.58. The number of rotatable bonds is 8. The molecule has 9 heteroatoms. The lowest BCUT2D eigenvalue weighted by molar-refractivity contribution is -0.126. The first-order valence-corrected chi connectivity index (χ1v) is 12.9. The molecule has 0 saturated carbocycles. The number of nitrogens with zero attached hydrogens (tertiary/aromatic N) is 2. The van der Waals surface area contributed by atoms with Crippen LogP contribution in [-0.2, 0) is 14.8 Å². The molecule has 174 valence electrons. The van der Waals surface area contributed by atoms with E-state index in [0.717, 1.165) is 23.0 Å². The van der Waals surface area contributed by atoms with Crippen LogP contribution in [0.5, 0.6) is 0 Å². The molecule has 2 heterocycles. The molecule has 2 aromatic carbocycles. The molecule has 1 unspecified atom stereocenters. The average Bonchev–Trinajstić information content (AvgIpc) is 2.84. The number of halogens is 1. The minimum atomic E-state index is -3.58. The van der Waals surface area contributed by atoms with Crippen molar-refractivity contribution in [2.75, 3.05) is 31.5 Å². The lowest BCUT2D eigenvalue weighted by Gasteiger charge is -2.31. The average molecular weight is 487 g/mol. The second-order valence-electron chi connectivity index (χ2n) is 8.11. The highest BCUT2D eigenvalue weighted by atomic mass is 35.5. The van der Waals surface area contributed by atoms with E-state index < -0.39 is 10.0 Å². The molecule has 0 spiro atoms. The molecule has 3 aromatic rings. The highest BCUT2D eigenvalue weighted by Crippen LogP contribution is 2.25. The van der Waals surface area contributed by atoms with Gasteiger partial charge in [-0.15, -0.1) is 0 Å². The Kier molecular flexibility index (Phi) is 7.47. The first-order chi connectivity index (χ1) is 15.9. The number of benzene rings is 2. The third-order valence-electron chi connectivity index (χ3n) is 5.81. The van der Waals surface area contributed by atoms with Gasteiger partial charge < -0.3 is 10.6 Å². The van der Waals surface area contributed by atoms with E-state index in [1.807, 2.05) is 24.3 Å². The van der Waals surface area contributed by atoms with Crippen molar-refractivity contribution in [2.45, 2.75) is 24.2 Å². The van der Waals surface area contributed by atoms with E-state index in [0.29, 0.717) is 37.5 Å². The summed E-state index contributed by atoms with van der Waals surface area (Å²) in [6.07, 6.45) is 3.84. The highest BCUT2D eigenvalue weighted by Gasteiger charge is 2.33. The Morgan fingerprint density at radius 1 is 1.12 bits per heavy atom. The number of aromatic nitrogens is 1. The van der Waals surface area contributed by atoms with Crippen molar-refractivity contribution in [3.63, 3.8) is 0 Å². The topological polar surface area (TPSA) is 91.4 Å². The van der Waals surface area contributed by atoms with Gasteiger partial charge in [0, 0.05) is 48.5 Å². The Bertz CT molecular complexity index is 1220. The number of amides is 1. The second-order valence-corrected chi connectivity index (χ2v) is 10.5. The Morgan fingerprint density at radius 3 is 2.76 bits per heavy atom. The molecular weight excluding hydrogens is 460 g/mol. The summed E-state index contributed by atoms with van der Waals surface area (Å²) in [5.74, 6) is -0.425. The molecular formula is C24H27ClN4O3S. The number of nitrogens with one attached hydrogen (secondary N) is 2. The van der Waals surface area contributed by atoms with Crippen LogP contribution in [0.3, 0.4) is 0 Å². The predicted molar refractivity (Wildman–Crippen MR) is 131 cm³/mol. The van der Waals surface area contributed by atoms with Crippen molar-refractivity contribution >= 4 is 44.1 Å². The molecule has 1 aliphatic heterocycles. The van der Waals surface area contributed by atoms with Crippen LogP contribution in [0.4, 0.5) is 5.69 Å². The van der Waals surface area contributed by atoms with E-state index in [1.165, 1.54) is 4.31 Å². The number of carbonyl (C=O) groups is 1. The standard InChI is InChI=1S/C24H27ClN4O3S/c25-19-9-10-21-22(11-14-27-23(21)16-19)26-12-5-13-28-24(30)18-6-4-15-29(17-18)33(31,32)20-7-2-1-3-8-20/h1-3,7-11,14,16,18H,4-6,12-13,15,17H2,(H,26,27)(H,28,30). The van der Waals surface area contributed by atoms with Gasteiger partial charge in [-0.25, -0.2) is 8.42 Å². The van der Waals surface area contributed by atoms with Gasteiger partial charge in [-0.05, 0) is 55.7 Å². The maximum absolute atomic E-state index is 12.9. The van der Waals surface area contributed by atoms with Crippen molar-refractivity contribution in [1.29, 1.82) is 0 Å². The van der Waals surface area contributed by atoms with Crippen LogP contribution >= 0.6 is 11.6 Å². The Labute approximate surface area is 199 Å². The summed E-state index contributed by atoms with van der Waals surface area (Å²) in [5, 5.41) is 7.99. The lowest BCUT2D eigenvalue weighted by Crippen LogP contribution is -2.45. The Balaban J connectivity index is 1.26. The summed E-state index contributed by atoms with van der Waals surface area (Å²) in [6.45, 7) is 1.85. The van der Waals surface area contributed by atoms with Crippen LogP contribution in [0.15, 0.2) is 65.7 Å². The molecule has 1 fully saturated rings. The number of anilines is 1. The molecule has 1 saturated heterocycles. The van der Waals surface area contributed by atoms with E-state index >= 15 is 0 Å². The van der Waals surface area contributed by atoms with E-state index in [1.54, 1.807) is 36.5 Å². The minimum Gasteiger partial charge on any atom is -0.384 e. The largest absolute Gasteiger partial charge is 0.384 e. The fourth-order valence-corrected chi connectivity index (χ4v) is 5.77. The van der Waals surface area contributed by atoms with Crippen molar-refractivity contribution < 1.29 is 13.2 Å².